The van der Waals surface area contributed by atoms with Gasteiger partial charge in [-0.15, -0.1) is 11.6 Å². The van der Waals surface area contributed by atoms with Gasteiger partial charge in [0.15, 0.2) is 0 Å². The fraction of sp³-hybridized carbons (Fsp3) is 0.615. The third-order valence-corrected chi connectivity index (χ3v) is 3.44. The average Bonchev–Trinajstić information content (AvgIpc) is 2.39. The SMILES string of the molecule is CCC1COC(C)CN1c1cccc(CCl)n1. The van der Waals surface area contributed by atoms with Crippen LogP contribution in [0.15, 0.2) is 18.2 Å². The minimum Gasteiger partial charge on any atom is -0.375 e. The third kappa shape index (κ3) is 2.90. The predicted octanol–water partition coefficient (Wildman–Crippen LogP) is 2.82. The Balaban J connectivity index is 2.22. The van der Waals surface area contributed by atoms with Crippen molar-refractivity contribution in [3.8, 4) is 0 Å². The fourth-order valence-corrected chi connectivity index (χ4v) is 2.31. The van der Waals surface area contributed by atoms with E-state index in [4.69, 9.17) is 16.3 Å². The van der Waals surface area contributed by atoms with Gasteiger partial charge in [-0.25, -0.2) is 4.98 Å². The molecule has 0 N–H and O–H groups in total. The quantitative estimate of drug-likeness (QED) is 0.776. The molecule has 2 heterocycles. The van der Waals surface area contributed by atoms with Crippen LogP contribution in [0.2, 0.25) is 0 Å². The van der Waals surface area contributed by atoms with Crippen molar-refractivity contribution in [1.82, 2.24) is 4.98 Å². The number of rotatable bonds is 3. The highest BCUT2D eigenvalue weighted by atomic mass is 35.5. The maximum Gasteiger partial charge on any atom is 0.129 e. The van der Waals surface area contributed by atoms with Gasteiger partial charge in [0.2, 0.25) is 0 Å². The molecular weight excluding hydrogens is 236 g/mol. The summed E-state index contributed by atoms with van der Waals surface area (Å²) in [5, 5.41) is 0. The highest BCUT2D eigenvalue weighted by molar-refractivity contribution is 6.16. The van der Waals surface area contributed by atoms with E-state index in [1.54, 1.807) is 0 Å². The molecule has 0 amide bonds. The molecule has 1 aromatic rings. The molecule has 0 bridgehead atoms. The number of halogens is 1. The molecular formula is C13H19ClN2O. The van der Waals surface area contributed by atoms with E-state index in [0.717, 1.165) is 31.1 Å². The Bertz CT molecular complexity index is 372. The van der Waals surface area contributed by atoms with Crippen LogP contribution in [0.1, 0.15) is 26.0 Å². The highest BCUT2D eigenvalue weighted by Gasteiger charge is 2.26. The number of alkyl halides is 1. The van der Waals surface area contributed by atoms with Crippen LogP contribution in [0, 0.1) is 0 Å². The molecule has 2 unspecified atom stereocenters. The highest BCUT2D eigenvalue weighted by Crippen LogP contribution is 2.22. The Morgan fingerprint density at radius 3 is 3.06 bits per heavy atom. The van der Waals surface area contributed by atoms with Crippen molar-refractivity contribution in [3.63, 3.8) is 0 Å². The third-order valence-electron chi connectivity index (χ3n) is 3.16. The van der Waals surface area contributed by atoms with Crippen LogP contribution >= 0.6 is 11.6 Å². The molecule has 2 atom stereocenters. The van der Waals surface area contributed by atoms with Crippen molar-refractivity contribution in [3.05, 3.63) is 23.9 Å². The summed E-state index contributed by atoms with van der Waals surface area (Å²) in [6.45, 7) is 5.97. The molecule has 2 rings (SSSR count). The van der Waals surface area contributed by atoms with Gasteiger partial charge in [0, 0.05) is 6.54 Å². The summed E-state index contributed by atoms with van der Waals surface area (Å²) in [7, 11) is 0. The first-order valence-corrected chi connectivity index (χ1v) is 6.68. The van der Waals surface area contributed by atoms with E-state index in [-0.39, 0.29) is 6.10 Å². The van der Waals surface area contributed by atoms with Gasteiger partial charge in [-0.2, -0.15) is 0 Å². The van der Waals surface area contributed by atoms with E-state index in [1.807, 2.05) is 12.1 Å². The molecule has 1 saturated heterocycles. The van der Waals surface area contributed by atoms with E-state index in [2.05, 4.69) is 29.8 Å². The van der Waals surface area contributed by atoms with Crippen molar-refractivity contribution in [2.45, 2.75) is 38.3 Å². The summed E-state index contributed by atoms with van der Waals surface area (Å²) < 4.78 is 5.69. The van der Waals surface area contributed by atoms with Gasteiger partial charge in [0.25, 0.3) is 0 Å². The van der Waals surface area contributed by atoms with Crippen LogP contribution in [0.4, 0.5) is 5.82 Å². The Kier molecular flexibility index (Phi) is 4.24. The molecule has 94 valence electrons. The normalized spacial score (nSPS) is 25.0. The lowest BCUT2D eigenvalue weighted by molar-refractivity contribution is 0.0296. The Hall–Kier alpha value is -0.800. The summed E-state index contributed by atoms with van der Waals surface area (Å²) in [4.78, 5) is 6.92. The van der Waals surface area contributed by atoms with E-state index in [1.165, 1.54) is 0 Å². The molecule has 1 aliphatic rings. The Labute approximate surface area is 108 Å². The van der Waals surface area contributed by atoms with Crippen LogP contribution in [0.3, 0.4) is 0 Å². The van der Waals surface area contributed by atoms with Gasteiger partial charge < -0.3 is 9.64 Å². The van der Waals surface area contributed by atoms with Gasteiger partial charge in [0.1, 0.15) is 5.82 Å². The Morgan fingerprint density at radius 2 is 2.35 bits per heavy atom. The van der Waals surface area contributed by atoms with Crippen molar-refractivity contribution in [2.24, 2.45) is 0 Å². The first-order chi connectivity index (χ1) is 8.24. The lowest BCUT2D eigenvalue weighted by Crippen LogP contribution is -2.49. The molecule has 0 aromatic carbocycles. The molecule has 0 saturated carbocycles. The zero-order valence-corrected chi connectivity index (χ0v) is 11.2. The number of aromatic nitrogens is 1. The van der Waals surface area contributed by atoms with E-state index < -0.39 is 0 Å². The van der Waals surface area contributed by atoms with Gasteiger partial charge in [-0.3, -0.25) is 0 Å². The van der Waals surface area contributed by atoms with Gasteiger partial charge in [0.05, 0.1) is 30.3 Å². The van der Waals surface area contributed by atoms with Crippen LogP contribution in [-0.2, 0) is 10.6 Å². The molecule has 17 heavy (non-hydrogen) atoms. The predicted molar refractivity (Wildman–Crippen MR) is 70.6 cm³/mol. The van der Waals surface area contributed by atoms with E-state index in [0.29, 0.717) is 11.9 Å². The molecule has 1 aliphatic heterocycles. The number of hydrogen-bond acceptors (Lipinski definition) is 3. The molecule has 0 spiro atoms. The van der Waals surface area contributed by atoms with Gasteiger partial charge in [-0.05, 0) is 25.5 Å². The Morgan fingerprint density at radius 1 is 1.53 bits per heavy atom. The summed E-state index contributed by atoms with van der Waals surface area (Å²) in [5.74, 6) is 1.48. The minimum absolute atomic E-state index is 0.263. The van der Waals surface area contributed by atoms with Crippen LogP contribution in [0.5, 0.6) is 0 Å². The lowest BCUT2D eigenvalue weighted by Gasteiger charge is -2.39. The second-order valence-electron chi connectivity index (χ2n) is 4.48. The largest absolute Gasteiger partial charge is 0.375 e. The molecule has 1 aromatic heterocycles. The second-order valence-corrected chi connectivity index (χ2v) is 4.75. The standard InChI is InChI=1S/C13H19ClN2O/c1-3-12-9-17-10(2)8-16(12)13-6-4-5-11(7-14)15-13/h4-6,10,12H,3,7-9H2,1-2H3. The average molecular weight is 255 g/mol. The molecule has 0 radical (unpaired) electrons. The number of ether oxygens (including phenoxy) is 1. The van der Waals surface area contributed by atoms with Crippen LogP contribution < -0.4 is 4.90 Å². The van der Waals surface area contributed by atoms with Crippen molar-refractivity contribution >= 4 is 17.4 Å². The van der Waals surface area contributed by atoms with Crippen molar-refractivity contribution < 1.29 is 4.74 Å². The molecule has 1 fully saturated rings. The number of pyridine rings is 1. The summed E-state index contributed by atoms with van der Waals surface area (Å²) in [5.41, 5.74) is 0.929. The maximum absolute atomic E-state index is 5.83. The van der Waals surface area contributed by atoms with Crippen LogP contribution in [0.25, 0.3) is 0 Å². The van der Waals surface area contributed by atoms with E-state index >= 15 is 0 Å². The monoisotopic (exact) mass is 254 g/mol. The number of anilines is 1. The molecule has 3 nitrogen and oxygen atoms in total. The first-order valence-electron chi connectivity index (χ1n) is 6.14. The number of nitrogens with zero attached hydrogens (tertiary/aromatic N) is 2. The van der Waals surface area contributed by atoms with E-state index in [9.17, 15) is 0 Å². The van der Waals surface area contributed by atoms with Crippen LogP contribution in [-0.4, -0.2) is 30.3 Å². The van der Waals surface area contributed by atoms with Gasteiger partial charge >= 0.3 is 0 Å². The summed E-state index contributed by atoms with van der Waals surface area (Å²) in [6.07, 6.45) is 1.33. The topological polar surface area (TPSA) is 25.4 Å². The second kappa shape index (κ2) is 5.69. The number of hydrogen-bond donors (Lipinski definition) is 0. The zero-order chi connectivity index (χ0) is 12.3. The maximum atomic E-state index is 5.83. The molecule has 0 aliphatic carbocycles. The molecule has 4 heteroatoms. The minimum atomic E-state index is 0.263. The zero-order valence-electron chi connectivity index (χ0n) is 10.4. The van der Waals surface area contributed by atoms with Crippen molar-refractivity contribution in [1.29, 1.82) is 0 Å². The fourth-order valence-electron chi connectivity index (χ4n) is 2.16. The first kappa shape index (κ1) is 12.7. The lowest BCUT2D eigenvalue weighted by atomic mass is 10.1. The smallest absolute Gasteiger partial charge is 0.129 e. The summed E-state index contributed by atoms with van der Waals surface area (Å²) >= 11 is 5.83. The number of morpholine rings is 1. The summed E-state index contributed by atoms with van der Waals surface area (Å²) in [6, 6.07) is 6.45. The van der Waals surface area contributed by atoms with Crippen molar-refractivity contribution in [2.75, 3.05) is 18.1 Å². The van der Waals surface area contributed by atoms with Gasteiger partial charge in [-0.1, -0.05) is 13.0 Å².